The van der Waals surface area contributed by atoms with Gasteiger partial charge in [0.15, 0.2) is 5.79 Å². The molecule has 0 aromatic heterocycles. The van der Waals surface area contributed by atoms with Crippen molar-refractivity contribution in [3.63, 3.8) is 0 Å². The fourth-order valence-corrected chi connectivity index (χ4v) is 6.62. The van der Waals surface area contributed by atoms with Crippen molar-refractivity contribution in [2.75, 3.05) is 33.9 Å². The Bertz CT molecular complexity index is 787. The molecule has 47 heavy (non-hydrogen) atoms. The van der Waals surface area contributed by atoms with Gasteiger partial charge in [-0.25, -0.2) is 0 Å². The molecule has 0 N–H and O–H groups in total. The first-order chi connectivity index (χ1) is 23.0. The van der Waals surface area contributed by atoms with E-state index in [1.807, 2.05) is 0 Å². The third kappa shape index (κ3) is 27.4. The molecule has 1 fully saturated rings. The molecule has 0 radical (unpaired) electrons. The number of hydrogen-bond donors (Lipinski definition) is 0. The van der Waals surface area contributed by atoms with Gasteiger partial charge in [-0.05, 0) is 98.1 Å². The Labute approximate surface area is 295 Å². The zero-order valence-corrected chi connectivity index (χ0v) is 32.4. The van der Waals surface area contributed by atoms with E-state index < -0.39 is 0 Å². The van der Waals surface area contributed by atoms with Crippen molar-refractivity contribution in [2.24, 2.45) is 5.92 Å². The summed E-state index contributed by atoms with van der Waals surface area (Å²) >= 11 is 0. The summed E-state index contributed by atoms with van der Waals surface area (Å²) in [5.74, 6) is 0.165. The van der Waals surface area contributed by atoms with Crippen LogP contribution in [-0.2, 0) is 9.47 Å². The van der Waals surface area contributed by atoms with Gasteiger partial charge in [0.2, 0.25) is 0 Å². The fourth-order valence-electron chi connectivity index (χ4n) is 6.62. The molecule has 0 aromatic rings. The Morgan fingerprint density at radius 2 is 1.02 bits per heavy atom. The highest BCUT2D eigenvalue weighted by atomic mass is 16.7. The van der Waals surface area contributed by atoms with Crippen LogP contribution in [-0.4, -0.2) is 44.5 Å². The second-order valence-corrected chi connectivity index (χ2v) is 14.9. The van der Waals surface area contributed by atoms with E-state index in [4.69, 9.17) is 9.47 Å². The van der Waals surface area contributed by atoms with Gasteiger partial charge in [-0.15, -0.1) is 0 Å². The largest absolute Gasteiger partial charge is 0.350 e. The van der Waals surface area contributed by atoms with Crippen LogP contribution in [0.4, 0.5) is 0 Å². The van der Waals surface area contributed by atoms with Crippen molar-refractivity contribution >= 4 is 0 Å². The van der Waals surface area contributed by atoms with E-state index in [0.717, 1.165) is 45.4 Å². The van der Waals surface area contributed by atoms with Crippen molar-refractivity contribution in [2.45, 2.75) is 193 Å². The highest BCUT2D eigenvalue weighted by Gasteiger charge is 2.36. The second kappa shape index (κ2) is 32.1. The van der Waals surface area contributed by atoms with Gasteiger partial charge < -0.3 is 14.4 Å². The van der Waals surface area contributed by atoms with Crippen LogP contribution in [0.1, 0.15) is 188 Å². The summed E-state index contributed by atoms with van der Waals surface area (Å²) in [7, 11) is 4.30. The molecule has 0 bridgehead atoms. The summed E-state index contributed by atoms with van der Waals surface area (Å²) in [6.45, 7) is 9.58. The molecule has 1 saturated heterocycles. The van der Waals surface area contributed by atoms with Gasteiger partial charge in [-0.2, -0.15) is 0 Å². The Kier molecular flexibility index (Phi) is 29.9. The lowest BCUT2D eigenvalue weighted by Gasteiger charge is -2.41. The van der Waals surface area contributed by atoms with Crippen molar-refractivity contribution < 1.29 is 9.47 Å². The average molecular weight is 656 g/mol. The van der Waals surface area contributed by atoms with Crippen LogP contribution in [0.3, 0.4) is 0 Å². The van der Waals surface area contributed by atoms with Crippen LogP contribution < -0.4 is 0 Å². The number of ether oxygens (including phenoxy) is 2. The van der Waals surface area contributed by atoms with E-state index in [1.54, 1.807) is 0 Å². The van der Waals surface area contributed by atoms with E-state index in [9.17, 15) is 0 Å². The smallest absolute Gasteiger partial charge is 0.168 e. The van der Waals surface area contributed by atoms with E-state index in [2.05, 4.69) is 82.3 Å². The Morgan fingerprint density at radius 3 is 1.53 bits per heavy atom. The summed E-state index contributed by atoms with van der Waals surface area (Å²) in [6.07, 6.45) is 49.8. The molecule has 1 aliphatic heterocycles. The molecule has 0 saturated carbocycles. The Balaban J connectivity index is 2.20. The predicted molar refractivity (Wildman–Crippen MR) is 209 cm³/mol. The maximum Gasteiger partial charge on any atom is 0.168 e. The molecule has 1 heterocycles. The standard InChI is InChI=1S/C44H81NO2/c1-6-8-10-12-14-15-16-17-18-19-20-21-22-25-29-33-37-44(46-40-43(41-47-44)39-45(4)5)38-34-30-26-23-24-28-32-36-42(3)35-31-27-13-11-9-7-2/h14-15,17-18,27,31,36,43H,6-13,16,19-26,28-30,32-35,37-41H2,1-5H3/b15-14-,18-17-,31-27-,42-36+. The lowest BCUT2D eigenvalue weighted by molar-refractivity contribution is -0.290. The molecule has 0 unspecified atom stereocenters. The highest BCUT2D eigenvalue weighted by molar-refractivity contribution is 5.04. The average Bonchev–Trinajstić information content (AvgIpc) is 3.06. The van der Waals surface area contributed by atoms with Crippen molar-refractivity contribution in [3.05, 3.63) is 48.1 Å². The normalized spacial score (nSPS) is 19.4. The van der Waals surface area contributed by atoms with Crippen LogP contribution in [0.5, 0.6) is 0 Å². The summed E-state index contributed by atoms with van der Waals surface area (Å²) in [5, 5.41) is 0. The van der Waals surface area contributed by atoms with Gasteiger partial charge in [0.05, 0.1) is 13.2 Å². The SMILES string of the molecule is CCCCC/C=C\C/C=C\CCCCCCCCC1(CCCCCCCC/C=C(\C)C/C=C\CCCCC)OCC(CN(C)C)CO1. The minimum atomic E-state index is -0.329. The molecule has 3 heteroatoms. The molecule has 0 spiro atoms. The van der Waals surface area contributed by atoms with Crippen molar-refractivity contribution in [1.82, 2.24) is 4.90 Å². The van der Waals surface area contributed by atoms with Crippen LogP contribution in [0, 0.1) is 5.92 Å². The molecule has 0 atom stereocenters. The molecule has 0 aromatic carbocycles. The number of unbranched alkanes of at least 4 members (excludes halogenated alkanes) is 18. The van der Waals surface area contributed by atoms with Gasteiger partial charge in [0.25, 0.3) is 0 Å². The van der Waals surface area contributed by atoms with Crippen LogP contribution in [0.2, 0.25) is 0 Å². The predicted octanol–water partition coefficient (Wildman–Crippen LogP) is 13.7. The maximum absolute atomic E-state index is 6.57. The van der Waals surface area contributed by atoms with E-state index >= 15 is 0 Å². The van der Waals surface area contributed by atoms with Crippen LogP contribution >= 0.6 is 0 Å². The second-order valence-electron chi connectivity index (χ2n) is 14.9. The van der Waals surface area contributed by atoms with Gasteiger partial charge in [0, 0.05) is 25.3 Å². The first-order valence-corrected chi connectivity index (χ1v) is 20.5. The van der Waals surface area contributed by atoms with Gasteiger partial charge >= 0.3 is 0 Å². The minimum Gasteiger partial charge on any atom is -0.350 e. The summed E-state index contributed by atoms with van der Waals surface area (Å²) in [6, 6.07) is 0. The lowest BCUT2D eigenvalue weighted by Crippen LogP contribution is -2.46. The van der Waals surface area contributed by atoms with E-state index in [0.29, 0.717) is 5.92 Å². The van der Waals surface area contributed by atoms with Gasteiger partial charge in [0.1, 0.15) is 0 Å². The van der Waals surface area contributed by atoms with Crippen LogP contribution in [0.15, 0.2) is 48.1 Å². The monoisotopic (exact) mass is 656 g/mol. The summed E-state index contributed by atoms with van der Waals surface area (Å²) in [4.78, 5) is 2.26. The van der Waals surface area contributed by atoms with Gasteiger partial charge in [-0.1, -0.05) is 139 Å². The van der Waals surface area contributed by atoms with Crippen LogP contribution in [0.25, 0.3) is 0 Å². The first kappa shape index (κ1) is 43.9. The molecule has 3 nitrogen and oxygen atoms in total. The third-order valence-corrected chi connectivity index (χ3v) is 9.63. The summed E-state index contributed by atoms with van der Waals surface area (Å²) < 4.78 is 13.1. The molecule has 1 aliphatic rings. The van der Waals surface area contributed by atoms with E-state index in [1.165, 1.54) is 147 Å². The molecule has 274 valence electrons. The molecule has 0 amide bonds. The van der Waals surface area contributed by atoms with Gasteiger partial charge in [-0.3, -0.25) is 0 Å². The molecular weight excluding hydrogens is 574 g/mol. The fraction of sp³-hybridized carbons (Fsp3) is 0.818. The van der Waals surface area contributed by atoms with Crippen molar-refractivity contribution in [1.29, 1.82) is 0 Å². The molecule has 0 aliphatic carbocycles. The quantitative estimate of drug-likeness (QED) is 0.0532. The van der Waals surface area contributed by atoms with Crippen molar-refractivity contribution in [3.8, 4) is 0 Å². The van der Waals surface area contributed by atoms with E-state index in [-0.39, 0.29) is 5.79 Å². The third-order valence-electron chi connectivity index (χ3n) is 9.63. The summed E-state index contributed by atoms with van der Waals surface area (Å²) in [5.41, 5.74) is 1.53. The first-order valence-electron chi connectivity index (χ1n) is 20.5. The minimum absolute atomic E-state index is 0.329. The number of nitrogens with zero attached hydrogens (tertiary/aromatic N) is 1. The Morgan fingerprint density at radius 1 is 0.574 bits per heavy atom. The lowest BCUT2D eigenvalue weighted by atomic mass is 9.97. The molecule has 1 rings (SSSR count). The zero-order valence-electron chi connectivity index (χ0n) is 32.4. The zero-order chi connectivity index (χ0) is 34.1. The topological polar surface area (TPSA) is 21.7 Å². The maximum atomic E-state index is 6.57. The number of allylic oxidation sites excluding steroid dienone is 8. The molecular formula is C44H81NO2. The number of rotatable bonds is 32. The Hall–Kier alpha value is -1.16. The number of hydrogen-bond acceptors (Lipinski definition) is 3. The highest BCUT2D eigenvalue weighted by Crippen LogP contribution is 2.33.